The topological polar surface area (TPSA) is 61.7 Å². The second-order valence-corrected chi connectivity index (χ2v) is 4.24. The monoisotopic (exact) mass is 274 g/mol. The minimum absolute atomic E-state index is 0.250. The summed E-state index contributed by atoms with van der Waals surface area (Å²) in [5.41, 5.74) is 4.68. The zero-order valence-electron chi connectivity index (χ0n) is 9.88. The molecule has 2 aromatic carbocycles. The number of hydrogen-bond donors (Lipinski definition) is 2. The molecule has 96 valence electrons. The summed E-state index contributed by atoms with van der Waals surface area (Å²) in [6.07, 6.45) is 1.60. The molecule has 0 amide bonds. The smallest absolute Gasteiger partial charge is 0.335 e. The van der Waals surface area contributed by atoms with E-state index in [4.69, 9.17) is 16.7 Å². The first-order chi connectivity index (χ1) is 9.15. The number of nitrogens with zero attached hydrogens (tertiary/aromatic N) is 1. The number of nitrogens with one attached hydrogen (secondary N) is 1. The van der Waals surface area contributed by atoms with Crippen LogP contribution in [0.2, 0.25) is 5.02 Å². The standard InChI is InChI=1S/C14H11ClN2O2/c15-12-2-1-3-13(8-12)17-16-9-10-4-6-11(7-5-10)14(18)19/h1-9,17H,(H,18,19). The molecule has 0 aliphatic heterocycles. The van der Waals surface area contributed by atoms with E-state index in [0.29, 0.717) is 5.02 Å². The highest BCUT2D eigenvalue weighted by Crippen LogP contribution is 2.14. The van der Waals surface area contributed by atoms with Crippen LogP contribution < -0.4 is 5.43 Å². The maximum atomic E-state index is 10.7. The van der Waals surface area contributed by atoms with Crippen LogP contribution in [0.5, 0.6) is 0 Å². The van der Waals surface area contributed by atoms with Crippen LogP contribution in [0.3, 0.4) is 0 Å². The first kappa shape index (κ1) is 13.1. The van der Waals surface area contributed by atoms with Crippen LogP contribution in [-0.2, 0) is 0 Å². The van der Waals surface area contributed by atoms with E-state index in [-0.39, 0.29) is 5.56 Å². The van der Waals surface area contributed by atoms with Gasteiger partial charge in [-0.3, -0.25) is 5.43 Å². The molecule has 0 bridgehead atoms. The Kier molecular flexibility index (Phi) is 4.15. The lowest BCUT2D eigenvalue weighted by Gasteiger charge is -2.00. The van der Waals surface area contributed by atoms with Crippen LogP contribution in [0.25, 0.3) is 0 Å². The van der Waals surface area contributed by atoms with Gasteiger partial charge in [-0.2, -0.15) is 5.10 Å². The van der Waals surface area contributed by atoms with Gasteiger partial charge in [0.05, 0.1) is 17.5 Å². The molecule has 2 rings (SSSR count). The fourth-order valence-corrected chi connectivity index (χ4v) is 1.64. The van der Waals surface area contributed by atoms with Crippen molar-refractivity contribution < 1.29 is 9.90 Å². The zero-order chi connectivity index (χ0) is 13.7. The minimum atomic E-state index is -0.944. The largest absolute Gasteiger partial charge is 0.478 e. The number of halogens is 1. The van der Waals surface area contributed by atoms with Crippen molar-refractivity contribution in [2.75, 3.05) is 5.43 Å². The average Bonchev–Trinajstić information content (AvgIpc) is 2.39. The number of hydrazone groups is 1. The molecule has 0 saturated heterocycles. The van der Waals surface area contributed by atoms with Crippen molar-refractivity contribution in [3.8, 4) is 0 Å². The minimum Gasteiger partial charge on any atom is -0.478 e. The fraction of sp³-hybridized carbons (Fsp3) is 0. The molecule has 0 unspecified atom stereocenters. The van der Waals surface area contributed by atoms with E-state index in [1.165, 1.54) is 12.1 Å². The van der Waals surface area contributed by atoms with Crippen molar-refractivity contribution in [3.05, 3.63) is 64.7 Å². The van der Waals surface area contributed by atoms with Gasteiger partial charge in [-0.1, -0.05) is 29.8 Å². The zero-order valence-corrected chi connectivity index (χ0v) is 10.6. The number of carboxylic acids is 1. The molecule has 4 nitrogen and oxygen atoms in total. The van der Waals surface area contributed by atoms with E-state index >= 15 is 0 Å². The van der Waals surface area contributed by atoms with Gasteiger partial charge in [-0.05, 0) is 35.9 Å². The van der Waals surface area contributed by atoms with Gasteiger partial charge in [0.25, 0.3) is 0 Å². The summed E-state index contributed by atoms with van der Waals surface area (Å²) in [5, 5.41) is 13.4. The van der Waals surface area contributed by atoms with Gasteiger partial charge < -0.3 is 5.11 Å². The summed E-state index contributed by atoms with van der Waals surface area (Å²) >= 11 is 5.84. The number of carbonyl (C=O) groups is 1. The summed E-state index contributed by atoms with van der Waals surface area (Å²) in [5.74, 6) is -0.944. The summed E-state index contributed by atoms with van der Waals surface area (Å²) in [4.78, 5) is 10.7. The van der Waals surface area contributed by atoms with Gasteiger partial charge in [-0.15, -0.1) is 0 Å². The van der Waals surface area contributed by atoms with E-state index in [0.717, 1.165) is 11.3 Å². The van der Waals surface area contributed by atoms with E-state index < -0.39 is 5.97 Å². The van der Waals surface area contributed by atoms with E-state index in [9.17, 15) is 4.79 Å². The van der Waals surface area contributed by atoms with Gasteiger partial charge in [-0.25, -0.2) is 4.79 Å². The highest BCUT2D eigenvalue weighted by Gasteiger charge is 2.00. The quantitative estimate of drug-likeness (QED) is 0.663. The first-order valence-electron chi connectivity index (χ1n) is 5.53. The molecule has 5 heteroatoms. The maximum Gasteiger partial charge on any atom is 0.335 e. The Balaban J connectivity index is 2.01. The molecule has 0 heterocycles. The number of benzene rings is 2. The molecule has 2 N–H and O–H groups in total. The van der Waals surface area contributed by atoms with Crippen LogP contribution in [0.15, 0.2) is 53.6 Å². The van der Waals surface area contributed by atoms with Gasteiger partial charge in [0, 0.05) is 5.02 Å². The lowest BCUT2D eigenvalue weighted by molar-refractivity contribution is 0.0697. The average molecular weight is 275 g/mol. The Hall–Kier alpha value is -2.33. The Labute approximate surface area is 115 Å². The molecule has 19 heavy (non-hydrogen) atoms. The molecule has 0 radical (unpaired) electrons. The van der Waals surface area contributed by atoms with Gasteiger partial charge in [0.2, 0.25) is 0 Å². The van der Waals surface area contributed by atoms with Gasteiger partial charge >= 0.3 is 5.97 Å². The second-order valence-electron chi connectivity index (χ2n) is 3.81. The summed E-state index contributed by atoms with van der Waals surface area (Å²) in [6, 6.07) is 13.6. The molecule has 0 fully saturated rings. The summed E-state index contributed by atoms with van der Waals surface area (Å²) < 4.78 is 0. The van der Waals surface area contributed by atoms with Crippen LogP contribution in [-0.4, -0.2) is 17.3 Å². The van der Waals surface area contributed by atoms with Crippen LogP contribution >= 0.6 is 11.6 Å². The van der Waals surface area contributed by atoms with E-state index in [1.807, 2.05) is 12.1 Å². The van der Waals surface area contributed by atoms with Crippen LogP contribution in [0, 0.1) is 0 Å². The molecule has 0 spiro atoms. The molecular formula is C14H11ClN2O2. The number of anilines is 1. The highest BCUT2D eigenvalue weighted by atomic mass is 35.5. The molecule has 0 atom stereocenters. The third-order valence-electron chi connectivity index (χ3n) is 2.39. The molecule has 0 saturated carbocycles. The highest BCUT2D eigenvalue weighted by molar-refractivity contribution is 6.30. The van der Waals surface area contributed by atoms with Crippen molar-refractivity contribution in [3.63, 3.8) is 0 Å². The number of carboxylic acid groups (broad SMARTS) is 1. The van der Waals surface area contributed by atoms with Crippen LogP contribution in [0.1, 0.15) is 15.9 Å². The molecule has 0 aliphatic carbocycles. The lowest BCUT2D eigenvalue weighted by atomic mass is 10.1. The summed E-state index contributed by atoms with van der Waals surface area (Å²) in [6.45, 7) is 0. The number of aromatic carboxylic acids is 1. The van der Waals surface area contributed by atoms with Crippen molar-refractivity contribution >= 4 is 29.5 Å². The molecule has 0 aromatic heterocycles. The van der Waals surface area contributed by atoms with Gasteiger partial charge in [0.1, 0.15) is 0 Å². The normalized spacial score (nSPS) is 10.6. The summed E-state index contributed by atoms with van der Waals surface area (Å²) in [7, 11) is 0. The Morgan fingerprint density at radius 3 is 2.58 bits per heavy atom. The number of hydrogen-bond acceptors (Lipinski definition) is 3. The molecular weight excluding hydrogens is 264 g/mol. The van der Waals surface area contributed by atoms with Crippen molar-refractivity contribution in [2.24, 2.45) is 5.10 Å². The predicted molar refractivity (Wildman–Crippen MR) is 76.1 cm³/mol. The SMILES string of the molecule is O=C(O)c1ccc(C=NNc2cccc(Cl)c2)cc1. The molecule has 0 aliphatic rings. The van der Waals surface area contributed by atoms with Crippen molar-refractivity contribution in [2.45, 2.75) is 0 Å². The maximum absolute atomic E-state index is 10.7. The Morgan fingerprint density at radius 1 is 1.21 bits per heavy atom. The second kappa shape index (κ2) is 6.02. The van der Waals surface area contributed by atoms with Crippen molar-refractivity contribution in [1.82, 2.24) is 0 Å². The number of rotatable bonds is 4. The first-order valence-corrected chi connectivity index (χ1v) is 5.91. The van der Waals surface area contributed by atoms with Crippen molar-refractivity contribution in [1.29, 1.82) is 0 Å². The lowest BCUT2D eigenvalue weighted by Crippen LogP contribution is -1.96. The fourth-order valence-electron chi connectivity index (χ4n) is 1.45. The van der Waals surface area contributed by atoms with E-state index in [2.05, 4.69) is 10.5 Å². The van der Waals surface area contributed by atoms with Crippen LogP contribution in [0.4, 0.5) is 5.69 Å². The van der Waals surface area contributed by atoms with E-state index in [1.54, 1.807) is 30.5 Å². The molecule has 2 aromatic rings. The third-order valence-corrected chi connectivity index (χ3v) is 2.62. The Bertz CT molecular complexity index is 609. The predicted octanol–water partition coefficient (Wildman–Crippen LogP) is 3.48. The Morgan fingerprint density at radius 2 is 1.95 bits per heavy atom. The third kappa shape index (κ3) is 3.82. The van der Waals surface area contributed by atoms with Gasteiger partial charge in [0.15, 0.2) is 0 Å².